The second-order valence-electron chi connectivity index (χ2n) is 12.4. The van der Waals surface area contributed by atoms with Crippen LogP contribution < -0.4 is 16.0 Å². The molecule has 0 saturated heterocycles. The highest BCUT2D eigenvalue weighted by atomic mass is 15.2. The number of allylic oxidation sites excluding steroid dienone is 4. The molecule has 4 aromatic carbocycles. The van der Waals surface area contributed by atoms with Gasteiger partial charge >= 0.3 is 0 Å². The highest BCUT2D eigenvalue weighted by Crippen LogP contribution is 2.50. The van der Waals surface area contributed by atoms with Gasteiger partial charge in [-0.25, -0.2) is 9.98 Å². The first-order valence-corrected chi connectivity index (χ1v) is 15.6. The van der Waals surface area contributed by atoms with Crippen LogP contribution in [0.15, 0.2) is 144 Å². The molecule has 2 unspecified atom stereocenters. The van der Waals surface area contributed by atoms with E-state index < -0.39 is 0 Å². The number of hydrogen-bond acceptors (Lipinski definition) is 5. The molecule has 0 fully saturated rings. The molecule has 220 valence electrons. The Morgan fingerprint density at radius 3 is 2.27 bits per heavy atom. The molecule has 5 nitrogen and oxygen atoms in total. The first-order chi connectivity index (χ1) is 22.1. The predicted octanol–water partition coefficient (Wildman–Crippen LogP) is 7.70. The molecule has 3 heterocycles. The van der Waals surface area contributed by atoms with Gasteiger partial charge < -0.3 is 16.0 Å². The van der Waals surface area contributed by atoms with Gasteiger partial charge in [-0.3, -0.25) is 0 Å². The van der Waals surface area contributed by atoms with E-state index >= 15 is 0 Å². The topological polar surface area (TPSA) is 60.8 Å². The van der Waals surface area contributed by atoms with Crippen molar-refractivity contribution < 1.29 is 0 Å². The van der Waals surface area contributed by atoms with Crippen LogP contribution in [-0.2, 0) is 5.41 Å². The zero-order chi connectivity index (χ0) is 30.4. The Hall–Kier alpha value is -5.42. The molecule has 0 radical (unpaired) electrons. The minimum Gasteiger partial charge on any atom is -0.381 e. The standard InChI is InChI=1S/C40H35N5/c1-40(2)32-12-4-3-10-30(32)36-31(11-9-13-33(36)40)39-44-37(28-20-16-26(17-21-28)34-14-5-7-24-41-34)43-38(45-39)29-22-18-27(19-23-29)35-15-6-8-25-42-35/h3-24,34,37,41-42H,25H2,1-2H3,(H,43,44,45). The summed E-state index contributed by atoms with van der Waals surface area (Å²) in [5.74, 6) is 1.56. The third kappa shape index (κ3) is 4.81. The van der Waals surface area contributed by atoms with Crippen LogP contribution in [0.2, 0.25) is 0 Å². The second-order valence-corrected chi connectivity index (χ2v) is 12.4. The van der Waals surface area contributed by atoms with Crippen molar-refractivity contribution in [3.05, 3.63) is 173 Å². The zero-order valence-electron chi connectivity index (χ0n) is 25.5. The largest absolute Gasteiger partial charge is 0.381 e. The Bertz CT molecular complexity index is 1970. The van der Waals surface area contributed by atoms with Crippen molar-refractivity contribution in [2.45, 2.75) is 31.5 Å². The Morgan fingerprint density at radius 1 is 0.733 bits per heavy atom. The number of amidine groups is 2. The van der Waals surface area contributed by atoms with Crippen LogP contribution in [0.1, 0.15) is 65.0 Å². The number of benzene rings is 4. The molecule has 3 N–H and O–H groups in total. The fourth-order valence-electron chi connectivity index (χ4n) is 6.83. The van der Waals surface area contributed by atoms with Crippen LogP contribution in [0.5, 0.6) is 0 Å². The van der Waals surface area contributed by atoms with E-state index in [4.69, 9.17) is 9.98 Å². The van der Waals surface area contributed by atoms with E-state index in [2.05, 4.69) is 151 Å². The number of rotatable bonds is 5. The first kappa shape index (κ1) is 27.2. The lowest BCUT2D eigenvalue weighted by atomic mass is 9.82. The first-order valence-electron chi connectivity index (χ1n) is 15.6. The lowest BCUT2D eigenvalue weighted by Crippen LogP contribution is -2.33. The normalized spacial score (nSPS) is 20.5. The van der Waals surface area contributed by atoms with Crippen LogP contribution in [0.25, 0.3) is 16.8 Å². The van der Waals surface area contributed by atoms with Crippen LogP contribution in [0.3, 0.4) is 0 Å². The minimum absolute atomic E-state index is 0.0964. The summed E-state index contributed by atoms with van der Waals surface area (Å²) in [7, 11) is 0. The number of fused-ring (bicyclic) bond motifs is 3. The van der Waals surface area contributed by atoms with Gasteiger partial charge in [0.05, 0.1) is 6.04 Å². The fraction of sp³-hybridized carbons (Fsp3) is 0.150. The summed E-state index contributed by atoms with van der Waals surface area (Å²) in [4.78, 5) is 10.5. The van der Waals surface area contributed by atoms with Gasteiger partial charge in [0.1, 0.15) is 12.0 Å². The Kier molecular flexibility index (Phi) is 6.60. The van der Waals surface area contributed by atoms with Gasteiger partial charge in [-0.2, -0.15) is 0 Å². The van der Waals surface area contributed by atoms with Gasteiger partial charge in [0.15, 0.2) is 5.84 Å². The Labute approximate surface area is 264 Å². The van der Waals surface area contributed by atoms with Crippen molar-refractivity contribution in [3.63, 3.8) is 0 Å². The zero-order valence-corrected chi connectivity index (χ0v) is 25.5. The quantitative estimate of drug-likeness (QED) is 0.225. The van der Waals surface area contributed by atoms with E-state index in [-0.39, 0.29) is 17.6 Å². The molecule has 0 bridgehead atoms. The van der Waals surface area contributed by atoms with Gasteiger partial charge in [0.25, 0.3) is 0 Å². The molecule has 2 atom stereocenters. The maximum absolute atomic E-state index is 5.28. The third-order valence-corrected chi connectivity index (χ3v) is 9.27. The van der Waals surface area contributed by atoms with E-state index in [1.54, 1.807) is 0 Å². The second kappa shape index (κ2) is 10.9. The fourth-order valence-corrected chi connectivity index (χ4v) is 6.83. The van der Waals surface area contributed by atoms with Crippen LogP contribution >= 0.6 is 0 Å². The Balaban J connectivity index is 1.22. The molecular formula is C40H35N5. The predicted molar refractivity (Wildman–Crippen MR) is 185 cm³/mol. The van der Waals surface area contributed by atoms with E-state index in [0.717, 1.165) is 46.2 Å². The summed E-state index contributed by atoms with van der Waals surface area (Å²) in [6, 6.07) is 32.8. The van der Waals surface area contributed by atoms with Gasteiger partial charge in [0.2, 0.25) is 0 Å². The van der Waals surface area contributed by atoms with E-state index in [9.17, 15) is 0 Å². The monoisotopic (exact) mass is 585 g/mol. The van der Waals surface area contributed by atoms with Gasteiger partial charge in [-0.05, 0) is 57.3 Å². The average molecular weight is 586 g/mol. The van der Waals surface area contributed by atoms with Crippen LogP contribution in [0, 0.1) is 0 Å². The number of nitrogens with zero attached hydrogens (tertiary/aromatic N) is 2. The molecule has 0 amide bonds. The summed E-state index contributed by atoms with van der Waals surface area (Å²) in [5, 5.41) is 10.5. The van der Waals surface area contributed by atoms with Crippen molar-refractivity contribution in [1.82, 2.24) is 16.0 Å². The molecule has 3 aliphatic heterocycles. The number of dihydropyridines is 2. The van der Waals surface area contributed by atoms with Crippen molar-refractivity contribution in [1.29, 1.82) is 0 Å². The molecule has 0 aromatic heterocycles. The summed E-state index contributed by atoms with van der Waals surface area (Å²) < 4.78 is 0. The maximum atomic E-state index is 5.28. The summed E-state index contributed by atoms with van der Waals surface area (Å²) in [5.41, 5.74) is 11.7. The molecule has 0 saturated carbocycles. The van der Waals surface area contributed by atoms with E-state index in [1.165, 1.54) is 27.8 Å². The van der Waals surface area contributed by atoms with Gasteiger partial charge in [0, 0.05) is 28.8 Å². The smallest absolute Gasteiger partial charge is 0.160 e. The Morgan fingerprint density at radius 2 is 1.49 bits per heavy atom. The SMILES string of the molecule is CC1(C)c2ccccc2-c2c(C3=NC(c4ccc(C5C=CC=CN5)cc4)NC(c4ccc(C5=CC=CCN5)cc4)=N3)cccc21. The molecule has 8 rings (SSSR count). The number of nitrogens with one attached hydrogen (secondary N) is 3. The molecule has 4 aromatic rings. The summed E-state index contributed by atoms with van der Waals surface area (Å²) in [6.07, 6.45) is 14.3. The van der Waals surface area contributed by atoms with E-state index in [1.807, 2.05) is 12.3 Å². The molecular weight excluding hydrogens is 550 g/mol. The van der Waals surface area contributed by atoms with E-state index in [0.29, 0.717) is 0 Å². The molecule has 5 heteroatoms. The lowest BCUT2D eigenvalue weighted by molar-refractivity contribution is 0.660. The summed E-state index contributed by atoms with van der Waals surface area (Å²) in [6.45, 7) is 5.46. The average Bonchev–Trinajstić information content (AvgIpc) is 3.35. The van der Waals surface area contributed by atoms with Crippen molar-refractivity contribution >= 4 is 17.4 Å². The number of aliphatic imine (C=N–C) groups is 2. The lowest BCUT2D eigenvalue weighted by Gasteiger charge is -2.25. The molecule has 1 aliphatic carbocycles. The minimum atomic E-state index is -0.288. The van der Waals surface area contributed by atoms with Gasteiger partial charge in [-0.15, -0.1) is 0 Å². The summed E-state index contributed by atoms with van der Waals surface area (Å²) >= 11 is 0. The van der Waals surface area contributed by atoms with Gasteiger partial charge in [-0.1, -0.05) is 129 Å². The van der Waals surface area contributed by atoms with Crippen LogP contribution in [-0.4, -0.2) is 18.2 Å². The maximum Gasteiger partial charge on any atom is 0.160 e. The van der Waals surface area contributed by atoms with Crippen molar-refractivity contribution in [3.8, 4) is 11.1 Å². The van der Waals surface area contributed by atoms with Crippen molar-refractivity contribution in [2.24, 2.45) is 9.98 Å². The molecule has 0 spiro atoms. The van der Waals surface area contributed by atoms with Crippen LogP contribution in [0.4, 0.5) is 0 Å². The number of hydrogen-bond donors (Lipinski definition) is 3. The highest BCUT2D eigenvalue weighted by Gasteiger charge is 2.37. The molecule has 4 aliphatic rings. The molecule has 45 heavy (non-hydrogen) atoms. The van der Waals surface area contributed by atoms with Crippen molar-refractivity contribution in [2.75, 3.05) is 6.54 Å². The third-order valence-electron chi connectivity index (χ3n) is 9.27. The highest BCUT2D eigenvalue weighted by molar-refractivity contribution is 6.16.